The first-order valence-corrected chi connectivity index (χ1v) is 7.23. The summed E-state index contributed by atoms with van der Waals surface area (Å²) < 4.78 is 0. The van der Waals surface area contributed by atoms with Crippen molar-refractivity contribution in [2.45, 2.75) is 0 Å². The summed E-state index contributed by atoms with van der Waals surface area (Å²) in [6.45, 7) is 0. The molecule has 1 amide bonds. The number of hydrogen-bond donors (Lipinski definition) is 4. The van der Waals surface area contributed by atoms with Gasteiger partial charge in [0, 0.05) is 21.3 Å². The van der Waals surface area contributed by atoms with Crippen LogP contribution in [0.2, 0.25) is 10.0 Å². The lowest BCUT2D eigenvalue weighted by molar-refractivity contribution is 0.0944. The zero-order valence-electron chi connectivity index (χ0n) is 11.1. The first-order chi connectivity index (χ1) is 10.4. The zero-order chi connectivity index (χ0) is 16.1. The third-order valence-electron chi connectivity index (χ3n) is 2.52. The standard InChI is InChI=1S/C14H11Cl2N3O2S/c15-9-5-10(16)7-11(6-9)17-14(22)19-18-13(21)8-2-1-3-12(20)4-8/h1-7,20H,(H,18,21)(H2,17,19,22). The van der Waals surface area contributed by atoms with E-state index in [1.807, 2.05) is 0 Å². The second-order valence-corrected chi connectivity index (χ2v) is 5.52. The lowest BCUT2D eigenvalue weighted by Gasteiger charge is -2.12. The highest BCUT2D eigenvalue weighted by molar-refractivity contribution is 7.80. The lowest BCUT2D eigenvalue weighted by atomic mass is 10.2. The van der Waals surface area contributed by atoms with Gasteiger partial charge in [-0.05, 0) is 48.6 Å². The molecule has 0 heterocycles. The van der Waals surface area contributed by atoms with Crippen LogP contribution in [-0.4, -0.2) is 16.1 Å². The van der Waals surface area contributed by atoms with Gasteiger partial charge in [0.05, 0.1) is 0 Å². The van der Waals surface area contributed by atoms with Gasteiger partial charge in [-0.3, -0.25) is 15.6 Å². The van der Waals surface area contributed by atoms with Crippen LogP contribution < -0.4 is 16.2 Å². The number of hydrogen-bond acceptors (Lipinski definition) is 3. The van der Waals surface area contributed by atoms with E-state index in [9.17, 15) is 9.90 Å². The molecule has 0 aromatic heterocycles. The highest BCUT2D eigenvalue weighted by Gasteiger charge is 2.07. The molecule has 2 aromatic rings. The fraction of sp³-hybridized carbons (Fsp3) is 0. The Kier molecular flexibility index (Phi) is 5.43. The molecule has 114 valence electrons. The van der Waals surface area contributed by atoms with Gasteiger partial charge in [-0.1, -0.05) is 29.3 Å². The summed E-state index contributed by atoms with van der Waals surface area (Å²) in [5, 5.41) is 13.2. The minimum Gasteiger partial charge on any atom is -0.508 e. The number of halogens is 2. The molecule has 0 radical (unpaired) electrons. The minimum absolute atomic E-state index is 0.00178. The van der Waals surface area contributed by atoms with Gasteiger partial charge in [-0.15, -0.1) is 0 Å². The molecular weight excluding hydrogens is 345 g/mol. The number of carbonyl (C=O) groups is 1. The third kappa shape index (κ3) is 4.77. The Hall–Kier alpha value is -2.02. The summed E-state index contributed by atoms with van der Waals surface area (Å²) in [6, 6.07) is 10.8. The quantitative estimate of drug-likeness (QED) is 0.491. The first kappa shape index (κ1) is 16.4. The third-order valence-corrected chi connectivity index (χ3v) is 3.16. The topological polar surface area (TPSA) is 73.4 Å². The Labute approximate surface area is 142 Å². The Morgan fingerprint density at radius 2 is 1.73 bits per heavy atom. The highest BCUT2D eigenvalue weighted by Crippen LogP contribution is 2.22. The van der Waals surface area contributed by atoms with E-state index in [4.69, 9.17) is 35.4 Å². The van der Waals surface area contributed by atoms with Gasteiger partial charge < -0.3 is 10.4 Å². The predicted octanol–water partition coefficient (Wildman–Crippen LogP) is 3.33. The number of anilines is 1. The summed E-state index contributed by atoms with van der Waals surface area (Å²) in [5.41, 5.74) is 5.82. The molecule has 2 aromatic carbocycles. The lowest BCUT2D eigenvalue weighted by Crippen LogP contribution is -2.43. The molecule has 0 aliphatic rings. The smallest absolute Gasteiger partial charge is 0.269 e. The van der Waals surface area contributed by atoms with Gasteiger partial charge in [0.2, 0.25) is 0 Å². The average molecular weight is 356 g/mol. The van der Waals surface area contributed by atoms with Crippen LogP contribution in [0.3, 0.4) is 0 Å². The molecule has 0 aliphatic carbocycles. The van der Waals surface area contributed by atoms with Crippen LogP contribution in [0.15, 0.2) is 42.5 Å². The minimum atomic E-state index is -0.441. The van der Waals surface area contributed by atoms with Crippen molar-refractivity contribution in [2.24, 2.45) is 0 Å². The largest absolute Gasteiger partial charge is 0.508 e. The Balaban J connectivity index is 1.91. The Bertz CT molecular complexity index is 705. The summed E-state index contributed by atoms with van der Waals surface area (Å²) in [5.74, 6) is -0.439. The van der Waals surface area contributed by atoms with Crippen LogP contribution in [-0.2, 0) is 0 Å². The number of aromatic hydroxyl groups is 1. The number of phenolic OH excluding ortho intramolecular Hbond substituents is 1. The van der Waals surface area contributed by atoms with Gasteiger partial charge in [-0.2, -0.15) is 0 Å². The van der Waals surface area contributed by atoms with Gasteiger partial charge in [0.25, 0.3) is 5.91 Å². The Morgan fingerprint density at radius 1 is 1.05 bits per heavy atom. The second-order valence-electron chi connectivity index (χ2n) is 4.24. The number of phenols is 1. The van der Waals surface area contributed by atoms with Crippen molar-refractivity contribution in [1.29, 1.82) is 0 Å². The van der Waals surface area contributed by atoms with Crippen molar-refractivity contribution >= 4 is 52.1 Å². The number of carbonyl (C=O) groups excluding carboxylic acids is 1. The average Bonchev–Trinajstić information content (AvgIpc) is 2.43. The molecule has 22 heavy (non-hydrogen) atoms. The molecule has 0 unspecified atom stereocenters. The molecule has 4 N–H and O–H groups in total. The van der Waals surface area contributed by atoms with E-state index < -0.39 is 5.91 Å². The highest BCUT2D eigenvalue weighted by atomic mass is 35.5. The maximum absolute atomic E-state index is 11.8. The normalized spacial score (nSPS) is 9.91. The molecule has 8 heteroatoms. The molecule has 0 saturated heterocycles. The molecule has 0 spiro atoms. The van der Waals surface area contributed by atoms with E-state index in [1.54, 1.807) is 30.3 Å². The van der Waals surface area contributed by atoms with E-state index >= 15 is 0 Å². The van der Waals surface area contributed by atoms with Crippen LogP contribution >= 0.6 is 35.4 Å². The molecule has 0 aliphatic heterocycles. The number of thiocarbonyl (C=S) groups is 1. The Morgan fingerprint density at radius 3 is 2.36 bits per heavy atom. The van der Waals surface area contributed by atoms with E-state index in [0.717, 1.165) is 0 Å². The van der Waals surface area contributed by atoms with Crippen LogP contribution in [0.5, 0.6) is 5.75 Å². The van der Waals surface area contributed by atoms with Crippen molar-refractivity contribution < 1.29 is 9.90 Å². The van der Waals surface area contributed by atoms with Crippen molar-refractivity contribution in [1.82, 2.24) is 10.9 Å². The fourth-order valence-electron chi connectivity index (χ4n) is 1.62. The van der Waals surface area contributed by atoms with Crippen LogP contribution in [0.1, 0.15) is 10.4 Å². The van der Waals surface area contributed by atoms with Crippen molar-refractivity contribution in [2.75, 3.05) is 5.32 Å². The summed E-state index contributed by atoms with van der Waals surface area (Å²) >= 11 is 16.8. The molecule has 2 rings (SSSR count). The van der Waals surface area contributed by atoms with Crippen LogP contribution in [0.4, 0.5) is 5.69 Å². The van der Waals surface area contributed by atoms with E-state index in [-0.39, 0.29) is 10.9 Å². The van der Waals surface area contributed by atoms with E-state index in [0.29, 0.717) is 21.3 Å². The van der Waals surface area contributed by atoms with Crippen molar-refractivity contribution in [3.63, 3.8) is 0 Å². The fourth-order valence-corrected chi connectivity index (χ4v) is 2.32. The monoisotopic (exact) mass is 355 g/mol. The van der Waals surface area contributed by atoms with Gasteiger partial charge in [0.1, 0.15) is 5.75 Å². The summed E-state index contributed by atoms with van der Waals surface area (Å²) in [6.07, 6.45) is 0. The maximum atomic E-state index is 11.8. The summed E-state index contributed by atoms with van der Waals surface area (Å²) in [4.78, 5) is 11.8. The molecular formula is C14H11Cl2N3O2S. The van der Waals surface area contributed by atoms with Gasteiger partial charge in [-0.25, -0.2) is 0 Å². The second kappa shape index (κ2) is 7.31. The van der Waals surface area contributed by atoms with Gasteiger partial charge in [0.15, 0.2) is 5.11 Å². The molecule has 0 atom stereocenters. The number of hydrazine groups is 1. The molecule has 0 bridgehead atoms. The molecule has 5 nitrogen and oxygen atoms in total. The number of rotatable bonds is 2. The SMILES string of the molecule is O=C(NNC(=S)Nc1cc(Cl)cc(Cl)c1)c1cccc(O)c1. The maximum Gasteiger partial charge on any atom is 0.269 e. The number of amides is 1. The van der Waals surface area contributed by atoms with E-state index in [1.165, 1.54) is 12.1 Å². The van der Waals surface area contributed by atoms with Crippen molar-refractivity contribution in [3.8, 4) is 5.75 Å². The number of nitrogens with one attached hydrogen (secondary N) is 3. The van der Waals surface area contributed by atoms with Crippen molar-refractivity contribution in [3.05, 3.63) is 58.1 Å². The summed E-state index contributed by atoms with van der Waals surface area (Å²) in [7, 11) is 0. The predicted molar refractivity (Wildman–Crippen MR) is 91.4 cm³/mol. The molecule has 0 fully saturated rings. The van der Waals surface area contributed by atoms with Gasteiger partial charge >= 0.3 is 0 Å². The molecule has 0 saturated carbocycles. The van der Waals surface area contributed by atoms with Crippen LogP contribution in [0.25, 0.3) is 0 Å². The van der Waals surface area contributed by atoms with Crippen LogP contribution in [0, 0.1) is 0 Å². The zero-order valence-corrected chi connectivity index (χ0v) is 13.4. The number of benzene rings is 2. The first-order valence-electron chi connectivity index (χ1n) is 6.06. The van der Waals surface area contributed by atoms with E-state index in [2.05, 4.69) is 16.2 Å².